The van der Waals surface area contributed by atoms with Crippen LogP contribution in [-0.2, 0) is 4.74 Å². The molecular formula is C34H50N2O2. The fourth-order valence-corrected chi connectivity index (χ4v) is 4.95. The van der Waals surface area contributed by atoms with E-state index in [-0.39, 0.29) is 6.10 Å². The van der Waals surface area contributed by atoms with Crippen molar-refractivity contribution in [2.45, 2.75) is 72.3 Å². The monoisotopic (exact) mass is 518 g/mol. The van der Waals surface area contributed by atoms with E-state index in [1.165, 1.54) is 11.1 Å². The van der Waals surface area contributed by atoms with Crippen LogP contribution >= 0.6 is 0 Å². The Morgan fingerprint density at radius 1 is 0.658 bits per heavy atom. The fourth-order valence-electron chi connectivity index (χ4n) is 4.95. The summed E-state index contributed by atoms with van der Waals surface area (Å²) in [4.78, 5) is 5.06. The topological polar surface area (TPSA) is 35.9 Å². The van der Waals surface area contributed by atoms with Crippen molar-refractivity contribution in [3.05, 3.63) is 108 Å². The Kier molecular flexibility index (Phi) is 14.9. The average molecular weight is 519 g/mol. The number of aliphatic hydroxyl groups is 1. The van der Waals surface area contributed by atoms with Crippen LogP contribution in [-0.4, -0.2) is 59.8 Å². The molecule has 208 valence electrons. The summed E-state index contributed by atoms with van der Waals surface area (Å²) in [6, 6.07) is 31.9. The quantitative estimate of drug-likeness (QED) is 0.304. The molecule has 4 rings (SSSR count). The molecule has 1 aliphatic heterocycles. The Hall–Kier alpha value is -2.50. The van der Waals surface area contributed by atoms with Crippen LogP contribution in [0, 0.1) is 0 Å². The molecule has 1 N–H and O–H groups in total. The van der Waals surface area contributed by atoms with Gasteiger partial charge in [0, 0.05) is 38.3 Å². The maximum Gasteiger partial charge on any atom is 0.108 e. The smallest absolute Gasteiger partial charge is 0.108 e. The van der Waals surface area contributed by atoms with Gasteiger partial charge in [-0.05, 0) is 37.0 Å². The van der Waals surface area contributed by atoms with Gasteiger partial charge in [-0.15, -0.1) is 0 Å². The first-order valence-electron chi connectivity index (χ1n) is 14.5. The van der Waals surface area contributed by atoms with Crippen molar-refractivity contribution in [3.63, 3.8) is 0 Å². The van der Waals surface area contributed by atoms with E-state index in [2.05, 4.69) is 72.2 Å². The molecule has 0 aromatic heterocycles. The molecule has 1 saturated heterocycles. The Bertz CT molecular complexity index is 928. The van der Waals surface area contributed by atoms with Gasteiger partial charge in [-0.3, -0.25) is 9.80 Å². The van der Waals surface area contributed by atoms with Crippen LogP contribution in [0.5, 0.6) is 0 Å². The van der Waals surface area contributed by atoms with Crippen molar-refractivity contribution in [1.29, 1.82) is 0 Å². The van der Waals surface area contributed by atoms with Gasteiger partial charge in [-0.1, -0.05) is 119 Å². The zero-order valence-electron chi connectivity index (χ0n) is 24.5. The highest BCUT2D eigenvalue weighted by molar-refractivity contribution is 5.29. The minimum absolute atomic E-state index is 0.0455. The lowest BCUT2D eigenvalue weighted by Gasteiger charge is -2.44. The highest BCUT2D eigenvalue weighted by Crippen LogP contribution is 2.26. The highest BCUT2D eigenvalue weighted by Gasteiger charge is 2.29. The number of aliphatic hydroxyl groups excluding tert-OH is 1. The largest absolute Gasteiger partial charge is 0.388 e. The average Bonchev–Trinajstić information content (AvgIpc) is 2.99. The molecule has 0 bridgehead atoms. The molecule has 1 aliphatic rings. The van der Waals surface area contributed by atoms with E-state index in [1.807, 2.05) is 70.2 Å². The molecule has 1 fully saturated rings. The third-order valence-electron chi connectivity index (χ3n) is 6.99. The summed E-state index contributed by atoms with van der Waals surface area (Å²) in [5, 5.41) is 10.6. The molecule has 0 saturated carbocycles. The summed E-state index contributed by atoms with van der Waals surface area (Å²) in [6.07, 6.45) is 0.318. The third-order valence-corrected chi connectivity index (χ3v) is 6.99. The first-order valence-corrected chi connectivity index (χ1v) is 14.5. The maximum atomic E-state index is 10.6. The van der Waals surface area contributed by atoms with Crippen molar-refractivity contribution in [2.75, 3.05) is 32.8 Å². The Morgan fingerprint density at radius 2 is 1.05 bits per heavy atom. The molecular weight excluding hydrogens is 468 g/mol. The van der Waals surface area contributed by atoms with Crippen molar-refractivity contribution >= 4 is 0 Å². The highest BCUT2D eigenvalue weighted by atomic mass is 16.5. The summed E-state index contributed by atoms with van der Waals surface area (Å²) in [7, 11) is 0. The zero-order chi connectivity index (χ0) is 27.8. The molecule has 0 radical (unpaired) electrons. The van der Waals surface area contributed by atoms with Crippen LogP contribution in [0.25, 0.3) is 0 Å². The van der Waals surface area contributed by atoms with Crippen LogP contribution in [0.2, 0.25) is 0 Å². The van der Waals surface area contributed by atoms with Gasteiger partial charge in [-0.25, -0.2) is 0 Å². The number of ether oxygens (including phenoxy) is 1. The summed E-state index contributed by atoms with van der Waals surface area (Å²) in [6.45, 7) is 17.2. The van der Waals surface area contributed by atoms with Gasteiger partial charge in [-0.2, -0.15) is 0 Å². The van der Waals surface area contributed by atoms with E-state index in [9.17, 15) is 5.11 Å². The second kappa shape index (κ2) is 17.9. The summed E-state index contributed by atoms with van der Waals surface area (Å²) in [5.41, 5.74) is 3.39. The number of nitrogens with zero attached hydrogens (tertiary/aromatic N) is 2. The van der Waals surface area contributed by atoms with E-state index < -0.39 is 6.10 Å². The fraction of sp³-hybridized carbons (Fsp3) is 0.471. The predicted molar refractivity (Wildman–Crippen MR) is 161 cm³/mol. The lowest BCUT2D eigenvalue weighted by Crippen LogP contribution is -2.57. The predicted octanol–water partition coefficient (Wildman–Crippen LogP) is 7.36. The van der Waals surface area contributed by atoms with Crippen molar-refractivity contribution in [2.24, 2.45) is 0 Å². The van der Waals surface area contributed by atoms with Gasteiger partial charge in [0.1, 0.15) is 6.10 Å². The Balaban J connectivity index is 0.00000121. The van der Waals surface area contributed by atoms with E-state index in [0.29, 0.717) is 18.7 Å². The van der Waals surface area contributed by atoms with Gasteiger partial charge in [0.15, 0.2) is 0 Å². The molecule has 4 nitrogen and oxygen atoms in total. The van der Waals surface area contributed by atoms with Crippen LogP contribution < -0.4 is 0 Å². The molecule has 1 heterocycles. The summed E-state index contributed by atoms with van der Waals surface area (Å²) >= 11 is 0. The van der Waals surface area contributed by atoms with Crippen LogP contribution in [0.1, 0.15) is 76.9 Å². The SMILES string of the molecule is CC.CC.C[C@@H]1CN(CCOC(c2ccccc2)c2ccccc2)[C@@H](C)CN1CCC(O)c1ccccc1. The third kappa shape index (κ3) is 9.67. The second-order valence-electron chi connectivity index (χ2n) is 9.48. The van der Waals surface area contributed by atoms with E-state index in [0.717, 1.165) is 38.2 Å². The van der Waals surface area contributed by atoms with E-state index in [4.69, 9.17) is 4.74 Å². The number of hydrogen-bond acceptors (Lipinski definition) is 4. The van der Waals surface area contributed by atoms with Gasteiger partial charge in [0.2, 0.25) is 0 Å². The van der Waals surface area contributed by atoms with Gasteiger partial charge < -0.3 is 9.84 Å². The van der Waals surface area contributed by atoms with E-state index >= 15 is 0 Å². The van der Waals surface area contributed by atoms with Gasteiger partial charge >= 0.3 is 0 Å². The minimum Gasteiger partial charge on any atom is -0.388 e. The number of benzene rings is 3. The molecule has 38 heavy (non-hydrogen) atoms. The second-order valence-corrected chi connectivity index (χ2v) is 9.48. The minimum atomic E-state index is -0.400. The zero-order valence-corrected chi connectivity index (χ0v) is 24.5. The number of rotatable bonds is 10. The van der Waals surface area contributed by atoms with E-state index in [1.54, 1.807) is 0 Å². The molecule has 4 heteroatoms. The molecule has 3 aromatic rings. The summed E-state index contributed by atoms with van der Waals surface area (Å²) in [5.74, 6) is 0. The Morgan fingerprint density at radius 3 is 1.50 bits per heavy atom. The van der Waals surface area contributed by atoms with Crippen LogP contribution in [0.15, 0.2) is 91.0 Å². The molecule has 0 amide bonds. The standard InChI is InChI=1S/C30H38N2O2.2C2H6/c1-24-23-32(25(2)22-31(24)19-18-29(33)26-12-6-3-7-13-26)20-21-34-30(27-14-8-4-9-15-27)28-16-10-5-11-17-28;2*1-2/h3-17,24-25,29-30,33H,18-23H2,1-2H3;2*1-2H3/t24-,25+,29?;;/m1../s1. The summed E-state index contributed by atoms with van der Waals surface area (Å²) < 4.78 is 6.47. The molecule has 0 spiro atoms. The lowest BCUT2D eigenvalue weighted by atomic mass is 10.0. The molecule has 0 aliphatic carbocycles. The number of hydrogen-bond donors (Lipinski definition) is 1. The van der Waals surface area contributed by atoms with Crippen molar-refractivity contribution < 1.29 is 9.84 Å². The van der Waals surface area contributed by atoms with Crippen molar-refractivity contribution in [3.8, 4) is 0 Å². The first kappa shape index (κ1) is 31.7. The molecule has 3 aromatic carbocycles. The number of piperazine rings is 1. The maximum absolute atomic E-state index is 10.6. The first-order chi connectivity index (χ1) is 18.6. The van der Waals surface area contributed by atoms with Crippen LogP contribution in [0.4, 0.5) is 0 Å². The molecule has 1 unspecified atom stereocenters. The molecule has 3 atom stereocenters. The van der Waals surface area contributed by atoms with Gasteiger partial charge in [0.25, 0.3) is 0 Å². The Labute approximate surface area is 232 Å². The van der Waals surface area contributed by atoms with Gasteiger partial charge in [0.05, 0.1) is 12.7 Å². The van der Waals surface area contributed by atoms with Crippen LogP contribution in [0.3, 0.4) is 0 Å². The lowest BCUT2D eigenvalue weighted by molar-refractivity contribution is 0.00245. The van der Waals surface area contributed by atoms with Crippen molar-refractivity contribution in [1.82, 2.24) is 9.80 Å². The normalized spacial score (nSPS) is 18.6.